The van der Waals surface area contributed by atoms with Crippen LogP contribution in [0, 0.1) is 0 Å². The number of hydrogen-bond donors (Lipinski definition) is 1. The Morgan fingerprint density at radius 3 is 2.38 bits per heavy atom. The van der Waals surface area contributed by atoms with E-state index in [1.807, 2.05) is 70.2 Å². The monoisotopic (exact) mass is 454 g/mol. The van der Waals surface area contributed by atoms with E-state index in [0.717, 1.165) is 24.2 Å². The van der Waals surface area contributed by atoms with Gasteiger partial charge in [0.2, 0.25) is 0 Å². The predicted octanol–water partition coefficient (Wildman–Crippen LogP) is 3.95. The summed E-state index contributed by atoms with van der Waals surface area (Å²) in [6.07, 6.45) is 5.38. The second-order valence-electron chi connectivity index (χ2n) is 8.42. The van der Waals surface area contributed by atoms with Crippen LogP contribution in [0.15, 0.2) is 85.2 Å². The van der Waals surface area contributed by atoms with Gasteiger partial charge in [-0.25, -0.2) is 4.98 Å². The number of benzene rings is 2. The van der Waals surface area contributed by atoms with E-state index < -0.39 is 0 Å². The van der Waals surface area contributed by atoms with Crippen molar-refractivity contribution in [2.75, 3.05) is 13.1 Å². The normalized spacial score (nSPS) is 14.2. The molecule has 2 aromatic heterocycles. The summed E-state index contributed by atoms with van der Waals surface area (Å²) >= 11 is 0. The Morgan fingerprint density at radius 1 is 0.912 bits per heavy atom. The van der Waals surface area contributed by atoms with Crippen LogP contribution in [0.1, 0.15) is 39.3 Å². The van der Waals surface area contributed by atoms with Crippen molar-refractivity contribution in [2.45, 2.75) is 25.5 Å². The van der Waals surface area contributed by atoms with Crippen molar-refractivity contribution in [3.05, 3.63) is 102 Å². The number of imidazole rings is 1. The summed E-state index contributed by atoms with van der Waals surface area (Å²) < 4.78 is 7.80. The van der Waals surface area contributed by atoms with E-state index >= 15 is 0 Å². The van der Waals surface area contributed by atoms with Gasteiger partial charge in [0.15, 0.2) is 0 Å². The van der Waals surface area contributed by atoms with Gasteiger partial charge >= 0.3 is 0 Å². The Labute approximate surface area is 198 Å². The van der Waals surface area contributed by atoms with Crippen LogP contribution in [0.2, 0.25) is 0 Å². The van der Waals surface area contributed by atoms with E-state index in [4.69, 9.17) is 4.74 Å². The van der Waals surface area contributed by atoms with Gasteiger partial charge < -0.3 is 19.4 Å². The number of ether oxygens (including phenoxy) is 1. The number of hydrogen-bond acceptors (Lipinski definition) is 4. The lowest BCUT2D eigenvalue weighted by molar-refractivity contribution is 0.0698. The Balaban J connectivity index is 1.11. The molecule has 0 bridgehead atoms. The van der Waals surface area contributed by atoms with Gasteiger partial charge in [-0.3, -0.25) is 9.59 Å². The molecule has 0 radical (unpaired) electrons. The molecule has 1 saturated heterocycles. The lowest BCUT2D eigenvalue weighted by Crippen LogP contribution is -2.46. The van der Waals surface area contributed by atoms with Crippen LogP contribution in [0.5, 0.6) is 5.75 Å². The molecule has 7 heteroatoms. The summed E-state index contributed by atoms with van der Waals surface area (Å²) in [6.45, 7) is 1.59. The van der Waals surface area contributed by atoms with Gasteiger partial charge in [-0.15, -0.1) is 0 Å². The van der Waals surface area contributed by atoms with E-state index in [2.05, 4.69) is 10.3 Å². The fourth-order valence-electron chi connectivity index (χ4n) is 4.18. The van der Waals surface area contributed by atoms with Gasteiger partial charge in [-0.2, -0.15) is 0 Å². The Bertz CT molecular complexity index is 1240. The first-order valence-corrected chi connectivity index (χ1v) is 11.5. The molecule has 0 atom stereocenters. The average molecular weight is 455 g/mol. The van der Waals surface area contributed by atoms with E-state index in [9.17, 15) is 9.59 Å². The summed E-state index contributed by atoms with van der Waals surface area (Å²) in [6, 6.07) is 22.4. The summed E-state index contributed by atoms with van der Waals surface area (Å²) in [5, 5.41) is 3.08. The van der Waals surface area contributed by atoms with Crippen molar-refractivity contribution >= 4 is 17.5 Å². The Morgan fingerprint density at radius 2 is 1.65 bits per heavy atom. The third-order valence-electron chi connectivity index (χ3n) is 6.06. The Kier molecular flexibility index (Phi) is 6.25. The van der Waals surface area contributed by atoms with Gasteiger partial charge in [0.05, 0.1) is 5.69 Å². The van der Waals surface area contributed by atoms with Crippen molar-refractivity contribution < 1.29 is 14.3 Å². The first kappa shape index (κ1) is 21.7. The zero-order valence-corrected chi connectivity index (χ0v) is 18.8. The number of likely N-dealkylation sites (tertiary alicyclic amines) is 1. The second-order valence-corrected chi connectivity index (χ2v) is 8.42. The molecule has 0 saturated carbocycles. The van der Waals surface area contributed by atoms with Crippen molar-refractivity contribution in [2.24, 2.45) is 0 Å². The summed E-state index contributed by atoms with van der Waals surface area (Å²) in [5.74, 6) is 0.625. The Hall–Kier alpha value is -4.13. The third kappa shape index (κ3) is 4.93. The van der Waals surface area contributed by atoms with E-state index in [0.29, 0.717) is 36.6 Å². The number of nitrogens with one attached hydrogen (secondary N) is 1. The van der Waals surface area contributed by atoms with Crippen LogP contribution >= 0.6 is 0 Å². The molecule has 34 heavy (non-hydrogen) atoms. The molecule has 1 fully saturated rings. The van der Waals surface area contributed by atoms with Crippen LogP contribution in [0.25, 0.3) is 5.65 Å². The predicted molar refractivity (Wildman–Crippen MR) is 129 cm³/mol. The standard InChI is InChI=1S/C27H26N4O3/c32-26(20-6-2-1-3-7-20)29-22-13-16-30(17-14-22)27(33)21-9-11-24(12-10-21)34-19-23-18-31-15-5-4-8-25(31)28-23/h1-12,15,18,22H,13-14,16-17,19H2,(H,29,32). The number of aromatic nitrogens is 2. The van der Waals surface area contributed by atoms with Gasteiger partial charge in [0, 0.05) is 42.7 Å². The summed E-state index contributed by atoms with van der Waals surface area (Å²) in [4.78, 5) is 31.7. The quantitative estimate of drug-likeness (QED) is 0.479. The minimum atomic E-state index is -0.0652. The van der Waals surface area contributed by atoms with Gasteiger partial charge in [-0.1, -0.05) is 24.3 Å². The zero-order chi connectivity index (χ0) is 23.3. The minimum absolute atomic E-state index is 0.000244. The maximum absolute atomic E-state index is 12.9. The number of piperidine rings is 1. The topological polar surface area (TPSA) is 75.9 Å². The molecule has 1 aliphatic rings. The smallest absolute Gasteiger partial charge is 0.253 e. The summed E-state index contributed by atoms with van der Waals surface area (Å²) in [5.41, 5.74) is 3.01. The lowest BCUT2D eigenvalue weighted by Gasteiger charge is -2.32. The fraction of sp³-hybridized carbons (Fsp3) is 0.222. The molecule has 0 unspecified atom stereocenters. The van der Waals surface area contributed by atoms with E-state index in [-0.39, 0.29) is 17.9 Å². The number of pyridine rings is 1. The first-order chi connectivity index (χ1) is 16.7. The molecule has 0 aliphatic carbocycles. The van der Waals surface area contributed by atoms with Crippen LogP contribution in [-0.4, -0.2) is 45.2 Å². The molecule has 172 valence electrons. The maximum Gasteiger partial charge on any atom is 0.253 e. The highest BCUT2D eigenvalue weighted by atomic mass is 16.5. The van der Waals surface area contributed by atoms with Gasteiger partial charge in [-0.05, 0) is 61.4 Å². The van der Waals surface area contributed by atoms with Crippen molar-refractivity contribution in [3.63, 3.8) is 0 Å². The molecule has 7 nitrogen and oxygen atoms in total. The highest BCUT2D eigenvalue weighted by Crippen LogP contribution is 2.18. The third-order valence-corrected chi connectivity index (χ3v) is 6.06. The van der Waals surface area contributed by atoms with Crippen molar-refractivity contribution in [1.29, 1.82) is 0 Å². The lowest BCUT2D eigenvalue weighted by atomic mass is 10.0. The number of carbonyl (C=O) groups excluding carboxylic acids is 2. The fourth-order valence-corrected chi connectivity index (χ4v) is 4.18. The molecule has 4 aromatic rings. The molecule has 1 N–H and O–H groups in total. The van der Waals surface area contributed by atoms with Crippen LogP contribution in [-0.2, 0) is 6.61 Å². The molecule has 2 aromatic carbocycles. The second kappa shape index (κ2) is 9.79. The molecule has 3 heterocycles. The van der Waals surface area contributed by atoms with Crippen molar-refractivity contribution in [1.82, 2.24) is 19.6 Å². The number of fused-ring (bicyclic) bond motifs is 1. The number of carbonyl (C=O) groups is 2. The summed E-state index contributed by atoms with van der Waals surface area (Å²) in [7, 11) is 0. The van der Waals surface area contributed by atoms with Gasteiger partial charge in [0.1, 0.15) is 18.0 Å². The number of amides is 2. The molecule has 0 spiro atoms. The highest BCUT2D eigenvalue weighted by molar-refractivity contribution is 5.95. The van der Waals surface area contributed by atoms with Crippen molar-refractivity contribution in [3.8, 4) is 5.75 Å². The number of nitrogens with zero attached hydrogens (tertiary/aromatic N) is 3. The highest BCUT2D eigenvalue weighted by Gasteiger charge is 2.25. The minimum Gasteiger partial charge on any atom is -0.487 e. The van der Waals surface area contributed by atoms with E-state index in [1.54, 1.807) is 24.3 Å². The molecular weight excluding hydrogens is 428 g/mol. The molecular formula is C27H26N4O3. The zero-order valence-electron chi connectivity index (χ0n) is 18.8. The largest absolute Gasteiger partial charge is 0.487 e. The van der Waals surface area contributed by atoms with Crippen LogP contribution < -0.4 is 10.1 Å². The first-order valence-electron chi connectivity index (χ1n) is 11.5. The average Bonchev–Trinajstić information content (AvgIpc) is 3.31. The maximum atomic E-state index is 12.9. The molecule has 2 amide bonds. The van der Waals surface area contributed by atoms with Crippen LogP contribution in [0.4, 0.5) is 0 Å². The van der Waals surface area contributed by atoms with E-state index in [1.165, 1.54) is 0 Å². The number of rotatable bonds is 6. The van der Waals surface area contributed by atoms with Gasteiger partial charge in [0.25, 0.3) is 11.8 Å². The molecule has 5 rings (SSSR count). The molecule has 1 aliphatic heterocycles. The van der Waals surface area contributed by atoms with Crippen LogP contribution in [0.3, 0.4) is 0 Å². The SMILES string of the molecule is O=C(NC1CCN(C(=O)c2ccc(OCc3cn4ccccc4n3)cc2)CC1)c1ccccc1.